The fourth-order valence-electron chi connectivity index (χ4n) is 2.82. The van der Waals surface area contributed by atoms with Crippen molar-refractivity contribution in [3.8, 4) is 0 Å². The molecule has 1 unspecified atom stereocenters. The summed E-state index contributed by atoms with van der Waals surface area (Å²) in [5.41, 5.74) is 9.73. The highest BCUT2D eigenvalue weighted by molar-refractivity contribution is 5.27. The van der Waals surface area contributed by atoms with Gasteiger partial charge in [0, 0.05) is 24.8 Å². The van der Waals surface area contributed by atoms with E-state index in [0.717, 1.165) is 45.4 Å². The highest BCUT2D eigenvalue weighted by atomic mass is 16.5. The first-order valence-corrected chi connectivity index (χ1v) is 7.15. The number of aryl methyl sites for hydroxylation is 1. The maximum Gasteiger partial charge on any atom is 0.0657 e. The molecule has 1 fully saturated rings. The van der Waals surface area contributed by atoms with E-state index >= 15 is 0 Å². The molecule has 0 amide bonds. The number of hydrogen-bond donors (Lipinski definition) is 1. The zero-order valence-corrected chi connectivity index (χ0v) is 11.6. The van der Waals surface area contributed by atoms with Crippen LogP contribution in [-0.4, -0.2) is 29.5 Å². The molecular formula is C14H25N3O. The van der Waals surface area contributed by atoms with Gasteiger partial charge in [-0.15, -0.1) is 0 Å². The summed E-state index contributed by atoms with van der Waals surface area (Å²) in [5.74, 6) is 0.630. The number of nitrogens with two attached hydrogens (primary N) is 1. The first-order chi connectivity index (χ1) is 8.80. The molecule has 1 aliphatic rings. The van der Waals surface area contributed by atoms with Crippen LogP contribution in [0.4, 0.5) is 0 Å². The Morgan fingerprint density at radius 3 is 2.78 bits per heavy atom. The van der Waals surface area contributed by atoms with Crippen molar-refractivity contribution in [2.75, 3.05) is 19.8 Å². The lowest BCUT2D eigenvalue weighted by Crippen LogP contribution is -2.15. The van der Waals surface area contributed by atoms with Crippen molar-refractivity contribution in [2.45, 2.75) is 46.1 Å². The Hall–Kier alpha value is -0.870. The maximum absolute atomic E-state index is 5.72. The zero-order valence-electron chi connectivity index (χ0n) is 11.6. The number of hydrogen-bond acceptors (Lipinski definition) is 3. The van der Waals surface area contributed by atoms with Crippen molar-refractivity contribution < 1.29 is 4.74 Å². The maximum atomic E-state index is 5.72. The van der Waals surface area contributed by atoms with E-state index in [2.05, 4.69) is 18.5 Å². The third-order valence-electron chi connectivity index (χ3n) is 3.77. The highest BCUT2D eigenvalue weighted by Crippen LogP contribution is 2.21. The second kappa shape index (κ2) is 6.34. The van der Waals surface area contributed by atoms with Crippen molar-refractivity contribution in [2.24, 2.45) is 11.7 Å². The summed E-state index contributed by atoms with van der Waals surface area (Å²) in [5, 5.41) is 4.79. The van der Waals surface area contributed by atoms with Crippen LogP contribution >= 0.6 is 0 Å². The van der Waals surface area contributed by atoms with Gasteiger partial charge in [0.05, 0.1) is 12.3 Å². The molecule has 4 heteroatoms. The molecule has 0 radical (unpaired) electrons. The second-order valence-corrected chi connectivity index (χ2v) is 5.03. The van der Waals surface area contributed by atoms with Gasteiger partial charge >= 0.3 is 0 Å². The SMILES string of the molecule is CCc1nn(CC2CCOC2)c(CC)c1CCN. The van der Waals surface area contributed by atoms with Crippen molar-refractivity contribution >= 4 is 0 Å². The summed E-state index contributed by atoms with van der Waals surface area (Å²) in [4.78, 5) is 0. The molecule has 1 aromatic rings. The van der Waals surface area contributed by atoms with Gasteiger partial charge in [-0.2, -0.15) is 5.10 Å². The predicted molar refractivity (Wildman–Crippen MR) is 72.7 cm³/mol. The second-order valence-electron chi connectivity index (χ2n) is 5.03. The van der Waals surface area contributed by atoms with Crippen LogP contribution in [-0.2, 0) is 30.5 Å². The number of nitrogens with zero attached hydrogens (tertiary/aromatic N) is 2. The smallest absolute Gasteiger partial charge is 0.0657 e. The van der Waals surface area contributed by atoms with Crippen LogP contribution in [0, 0.1) is 5.92 Å². The number of rotatable bonds is 6. The first-order valence-electron chi connectivity index (χ1n) is 7.15. The van der Waals surface area contributed by atoms with Gasteiger partial charge in [0.1, 0.15) is 0 Å². The summed E-state index contributed by atoms with van der Waals surface area (Å²) in [7, 11) is 0. The average Bonchev–Trinajstić information content (AvgIpc) is 2.98. The molecule has 0 aliphatic carbocycles. The zero-order chi connectivity index (χ0) is 13.0. The predicted octanol–water partition coefficient (Wildman–Crippen LogP) is 1.55. The summed E-state index contributed by atoms with van der Waals surface area (Å²) in [6.45, 7) is 7.88. The Bertz CT molecular complexity index is 381. The molecule has 1 aliphatic heterocycles. The lowest BCUT2D eigenvalue weighted by molar-refractivity contribution is 0.181. The van der Waals surface area contributed by atoms with Gasteiger partial charge in [-0.1, -0.05) is 13.8 Å². The highest BCUT2D eigenvalue weighted by Gasteiger charge is 2.20. The van der Waals surface area contributed by atoms with Gasteiger partial charge in [0.25, 0.3) is 0 Å². The number of aromatic nitrogens is 2. The first kappa shape index (κ1) is 13.6. The molecule has 2 rings (SSSR count). The van der Waals surface area contributed by atoms with E-state index in [1.54, 1.807) is 0 Å². The Morgan fingerprint density at radius 2 is 2.22 bits per heavy atom. The van der Waals surface area contributed by atoms with Gasteiger partial charge in [-0.25, -0.2) is 0 Å². The van der Waals surface area contributed by atoms with Gasteiger partial charge in [0.2, 0.25) is 0 Å². The Balaban J connectivity index is 2.22. The van der Waals surface area contributed by atoms with E-state index in [9.17, 15) is 0 Å². The van der Waals surface area contributed by atoms with Gasteiger partial charge in [0.15, 0.2) is 0 Å². The molecule has 2 heterocycles. The molecule has 1 atom stereocenters. The quantitative estimate of drug-likeness (QED) is 0.834. The molecular weight excluding hydrogens is 226 g/mol. The lowest BCUT2D eigenvalue weighted by atomic mass is 10.1. The van der Waals surface area contributed by atoms with Crippen LogP contribution in [0.5, 0.6) is 0 Å². The molecule has 0 spiro atoms. The van der Waals surface area contributed by atoms with E-state index < -0.39 is 0 Å². The van der Waals surface area contributed by atoms with Crippen LogP contribution < -0.4 is 5.73 Å². The summed E-state index contributed by atoms with van der Waals surface area (Å²) in [6.07, 6.45) is 4.15. The van der Waals surface area contributed by atoms with E-state index in [0.29, 0.717) is 12.5 Å². The van der Waals surface area contributed by atoms with Crippen LogP contribution in [0.15, 0.2) is 0 Å². The van der Waals surface area contributed by atoms with E-state index in [4.69, 9.17) is 15.6 Å². The largest absolute Gasteiger partial charge is 0.381 e. The van der Waals surface area contributed by atoms with Crippen molar-refractivity contribution in [1.29, 1.82) is 0 Å². The van der Waals surface area contributed by atoms with Crippen LogP contribution in [0.3, 0.4) is 0 Å². The van der Waals surface area contributed by atoms with Crippen molar-refractivity contribution in [3.05, 3.63) is 17.0 Å². The Labute approximate surface area is 110 Å². The minimum atomic E-state index is 0.630. The Morgan fingerprint density at radius 1 is 1.39 bits per heavy atom. The number of ether oxygens (including phenoxy) is 1. The summed E-state index contributed by atoms with van der Waals surface area (Å²) in [6, 6.07) is 0. The van der Waals surface area contributed by atoms with E-state index in [1.165, 1.54) is 17.0 Å². The van der Waals surface area contributed by atoms with Crippen LogP contribution in [0.2, 0.25) is 0 Å². The van der Waals surface area contributed by atoms with Crippen molar-refractivity contribution in [1.82, 2.24) is 9.78 Å². The molecule has 102 valence electrons. The molecule has 0 saturated carbocycles. The fraction of sp³-hybridized carbons (Fsp3) is 0.786. The lowest BCUT2D eigenvalue weighted by Gasteiger charge is -2.11. The minimum absolute atomic E-state index is 0.630. The van der Waals surface area contributed by atoms with E-state index in [1.807, 2.05) is 0 Å². The Kier molecular flexibility index (Phi) is 4.78. The average molecular weight is 251 g/mol. The van der Waals surface area contributed by atoms with Crippen LogP contribution in [0.1, 0.15) is 37.2 Å². The standard InChI is InChI=1S/C14H25N3O/c1-3-13-12(5-7-15)14(4-2)17(16-13)9-11-6-8-18-10-11/h11H,3-10,15H2,1-2H3. The molecule has 18 heavy (non-hydrogen) atoms. The molecule has 4 nitrogen and oxygen atoms in total. The monoisotopic (exact) mass is 251 g/mol. The summed E-state index contributed by atoms with van der Waals surface area (Å²) < 4.78 is 7.66. The van der Waals surface area contributed by atoms with Gasteiger partial charge in [-0.05, 0) is 37.8 Å². The molecule has 1 aromatic heterocycles. The van der Waals surface area contributed by atoms with Gasteiger partial charge in [-0.3, -0.25) is 4.68 Å². The minimum Gasteiger partial charge on any atom is -0.381 e. The third-order valence-corrected chi connectivity index (χ3v) is 3.77. The normalized spacial score (nSPS) is 19.6. The molecule has 0 aromatic carbocycles. The van der Waals surface area contributed by atoms with E-state index in [-0.39, 0.29) is 0 Å². The third kappa shape index (κ3) is 2.75. The molecule has 0 bridgehead atoms. The topological polar surface area (TPSA) is 53.1 Å². The van der Waals surface area contributed by atoms with Crippen molar-refractivity contribution in [3.63, 3.8) is 0 Å². The molecule has 2 N–H and O–H groups in total. The van der Waals surface area contributed by atoms with Crippen LogP contribution in [0.25, 0.3) is 0 Å². The molecule has 1 saturated heterocycles. The fourth-order valence-corrected chi connectivity index (χ4v) is 2.82. The summed E-state index contributed by atoms with van der Waals surface area (Å²) >= 11 is 0. The van der Waals surface area contributed by atoms with Gasteiger partial charge < -0.3 is 10.5 Å².